The summed E-state index contributed by atoms with van der Waals surface area (Å²) in [5.41, 5.74) is 3.24. The van der Waals surface area contributed by atoms with E-state index in [0.717, 1.165) is 35.8 Å². The molecule has 0 spiro atoms. The summed E-state index contributed by atoms with van der Waals surface area (Å²) in [6.45, 7) is 0. The molecule has 1 aliphatic rings. The molecule has 0 bridgehead atoms. The molecule has 1 saturated carbocycles. The number of aldehydes is 1. The van der Waals surface area contributed by atoms with Gasteiger partial charge in [0, 0.05) is 18.0 Å². The Labute approximate surface area is 111 Å². The standard InChI is InChI=1S/C16H12N2O/c17-11-16(6-7-16)14-3-1-12(2-4-14)15-5-8-18-9-13(15)10-19/h1-5,8-10H,6-7H2. The molecule has 2 aromatic rings. The van der Waals surface area contributed by atoms with Crippen LogP contribution in [0, 0.1) is 11.3 Å². The zero-order chi connectivity index (χ0) is 13.3. The largest absolute Gasteiger partial charge is 0.298 e. The molecule has 0 saturated heterocycles. The van der Waals surface area contributed by atoms with E-state index in [-0.39, 0.29) is 5.41 Å². The summed E-state index contributed by atoms with van der Waals surface area (Å²) < 4.78 is 0. The number of hydrogen-bond acceptors (Lipinski definition) is 3. The van der Waals surface area contributed by atoms with E-state index in [9.17, 15) is 10.1 Å². The van der Waals surface area contributed by atoms with Crippen molar-refractivity contribution in [2.24, 2.45) is 0 Å². The van der Waals surface area contributed by atoms with Gasteiger partial charge in [-0.3, -0.25) is 9.78 Å². The Morgan fingerprint density at radius 1 is 1.21 bits per heavy atom. The van der Waals surface area contributed by atoms with Gasteiger partial charge in [0.05, 0.1) is 11.5 Å². The van der Waals surface area contributed by atoms with Crippen molar-refractivity contribution in [3.05, 3.63) is 53.9 Å². The summed E-state index contributed by atoms with van der Waals surface area (Å²) in [5, 5.41) is 9.17. The molecule has 1 aliphatic carbocycles. The second-order valence-electron chi connectivity index (χ2n) is 4.85. The van der Waals surface area contributed by atoms with Crippen LogP contribution < -0.4 is 0 Å². The maximum atomic E-state index is 11.0. The fraction of sp³-hybridized carbons (Fsp3) is 0.188. The van der Waals surface area contributed by atoms with E-state index in [4.69, 9.17) is 0 Å². The maximum absolute atomic E-state index is 11.0. The molecule has 1 aromatic carbocycles. The van der Waals surface area contributed by atoms with E-state index < -0.39 is 0 Å². The molecule has 0 unspecified atom stereocenters. The molecular weight excluding hydrogens is 236 g/mol. The number of hydrogen-bond donors (Lipinski definition) is 0. The minimum Gasteiger partial charge on any atom is -0.298 e. The third kappa shape index (κ3) is 1.92. The minimum absolute atomic E-state index is 0.260. The lowest BCUT2D eigenvalue weighted by Gasteiger charge is -2.08. The molecule has 0 N–H and O–H groups in total. The van der Waals surface area contributed by atoms with Crippen LogP contribution in [0.4, 0.5) is 0 Å². The topological polar surface area (TPSA) is 53.8 Å². The van der Waals surface area contributed by atoms with Crippen molar-refractivity contribution < 1.29 is 4.79 Å². The van der Waals surface area contributed by atoms with Crippen molar-refractivity contribution in [1.82, 2.24) is 4.98 Å². The van der Waals surface area contributed by atoms with Crippen molar-refractivity contribution in [3.8, 4) is 17.2 Å². The van der Waals surface area contributed by atoms with Crippen LogP contribution in [0.1, 0.15) is 28.8 Å². The highest BCUT2D eigenvalue weighted by Gasteiger charge is 2.44. The fourth-order valence-corrected chi connectivity index (χ4v) is 2.32. The molecule has 19 heavy (non-hydrogen) atoms. The van der Waals surface area contributed by atoms with E-state index >= 15 is 0 Å². The van der Waals surface area contributed by atoms with Gasteiger partial charge in [-0.15, -0.1) is 0 Å². The zero-order valence-corrected chi connectivity index (χ0v) is 10.3. The van der Waals surface area contributed by atoms with Crippen LogP contribution in [0.5, 0.6) is 0 Å². The second kappa shape index (κ2) is 4.33. The van der Waals surface area contributed by atoms with Gasteiger partial charge in [-0.2, -0.15) is 5.26 Å². The first-order valence-corrected chi connectivity index (χ1v) is 6.20. The van der Waals surface area contributed by atoms with Crippen molar-refractivity contribution >= 4 is 6.29 Å². The van der Waals surface area contributed by atoms with E-state index in [1.807, 2.05) is 30.3 Å². The number of nitrogens with zero attached hydrogens (tertiary/aromatic N) is 2. The molecule has 0 atom stereocenters. The summed E-state index contributed by atoms with van der Waals surface area (Å²) in [6.07, 6.45) is 5.94. The van der Waals surface area contributed by atoms with E-state index in [2.05, 4.69) is 11.1 Å². The number of carbonyl (C=O) groups is 1. The molecule has 0 aliphatic heterocycles. The van der Waals surface area contributed by atoms with Crippen molar-refractivity contribution in [2.75, 3.05) is 0 Å². The average Bonchev–Trinajstić information content (AvgIpc) is 3.28. The summed E-state index contributed by atoms with van der Waals surface area (Å²) in [7, 11) is 0. The molecular formula is C16H12N2O. The number of aromatic nitrogens is 1. The summed E-state index contributed by atoms with van der Waals surface area (Å²) >= 11 is 0. The van der Waals surface area contributed by atoms with Gasteiger partial charge in [0.1, 0.15) is 0 Å². The smallest absolute Gasteiger partial charge is 0.152 e. The van der Waals surface area contributed by atoms with Gasteiger partial charge in [0.15, 0.2) is 6.29 Å². The SMILES string of the molecule is N#CC1(c2ccc(-c3ccncc3C=O)cc2)CC1. The Kier molecular flexibility index (Phi) is 2.64. The molecule has 3 heteroatoms. The molecule has 1 fully saturated rings. The number of carbonyl (C=O) groups excluding carboxylic acids is 1. The lowest BCUT2D eigenvalue weighted by Crippen LogP contribution is -2.01. The summed E-state index contributed by atoms with van der Waals surface area (Å²) in [4.78, 5) is 14.9. The first-order chi connectivity index (χ1) is 9.29. The number of benzene rings is 1. The highest BCUT2D eigenvalue weighted by atomic mass is 16.1. The van der Waals surface area contributed by atoms with Crippen LogP contribution in [0.15, 0.2) is 42.7 Å². The van der Waals surface area contributed by atoms with Crippen LogP contribution >= 0.6 is 0 Å². The van der Waals surface area contributed by atoms with Crippen molar-refractivity contribution in [2.45, 2.75) is 18.3 Å². The quantitative estimate of drug-likeness (QED) is 0.784. The molecule has 3 rings (SSSR count). The number of pyridine rings is 1. The Balaban J connectivity index is 1.99. The number of rotatable bonds is 3. The number of nitriles is 1. The van der Waals surface area contributed by atoms with Gasteiger partial charge >= 0.3 is 0 Å². The van der Waals surface area contributed by atoms with Crippen LogP contribution in [0.2, 0.25) is 0 Å². The lowest BCUT2D eigenvalue weighted by molar-refractivity contribution is 0.112. The van der Waals surface area contributed by atoms with Gasteiger partial charge in [-0.25, -0.2) is 0 Å². The van der Waals surface area contributed by atoms with Crippen LogP contribution in [0.3, 0.4) is 0 Å². The summed E-state index contributed by atoms with van der Waals surface area (Å²) in [6, 6.07) is 12.1. The first-order valence-electron chi connectivity index (χ1n) is 6.20. The van der Waals surface area contributed by atoms with E-state index in [0.29, 0.717) is 5.56 Å². The molecule has 3 nitrogen and oxygen atoms in total. The van der Waals surface area contributed by atoms with E-state index in [1.54, 1.807) is 12.4 Å². The average molecular weight is 248 g/mol. The molecule has 0 radical (unpaired) electrons. The Morgan fingerprint density at radius 2 is 1.95 bits per heavy atom. The van der Waals surface area contributed by atoms with Crippen LogP contribution in [0.25, 0.3) is 11.1 Å². The van der Waals surface area contributed by atoms with Gasteiger partial charge in [0.25, 0.3) is 0 Å². The minimum atomic E-state index is -0.260. The zero-order valence-electron chi connectivity index (χ0n) is 10.3. The molecule has 1 aromatic heterocycles. The highest BCUT2D eigenvalue weighted by molar-refractivity contribution is 5.86. The Bertz CT molecular complexity index is 664. The predicted octanol–water partition coefficient (Wildman–Crippen LogP) is 3.12. The Morgan fingerprint density at radius 3 is 2.53 bits per heavy atom. The Hall–Kier alpha value is -2.47. The van der Waals surface area contributed by atoms with Crippen molar-refractivity contribution in [3.63, 3.8) is 0 Å². The van der Waals surface area contributed by atoms with Crippen LogP contribution in [-0.4, -0.2) is 11.3 Å². The van der Waals surface area contributed by atoms with Gasteiger partial charge in [0.2, 0.25) is 0 Å². The second-order valence-corrected chi connectivity index (χ2v) is 4.85. The molecule has 92 valence electrons. The normalized spacial score (nSPS) is 15.5. The molecule has 0 amide bonds. The monoisotopic (exact) mass is 248 g/mol. The van der Waals surface area contributed by atoms with Gasteiger partial charge < -0.3 is 0 Å². The van der Waals surface area contributed by atoms with Crippen LogP contribution in [-0.2, 0) is 5.41 Å². The van der Waals surface area contributed by atoms with Gasteiger partial charge in [-0.05, 0) is 35.6 Å². The molecule has 1 heterocycles. The van der Waals surface area contributed by atoms with Gasteiger partial charge in [-0.1, -0.05) is 24.3 Å². The predicted molar refractivity (Wildman–Crippen MR) is 71.6 cm³/mol. The third-order valence-corrected chi connectivity index (χ3v) is 3.69. The van der Waals surface area contributed by atoms with E-state index in [1.165, 1.54) is 0 Å². The highest BCUT2D eigenvalue weighted by Crippen LogP contribution is 2.47. The summed E-state index contributed by atoms with van der Waals surface area (Å²) in [5.74, 6) is 0. The first kappa shape index (κ1) is 11.6. The lowest BCUT2D eigenvalue weighted by atomic mass is 9.94. The third-order valence-electron chi connectivity index (χ3n) is 3.69. The van der Waals surface area contributed by atoms with Crippen molar-refractivity contribution in [1.29, 1.82) is 5.26 Å². The fourth-order valence-electron chi connectivity index (χ4n) is 2.32. The maximum Gasteiger partial charge on any atom is 0.152 e.